The van der Waals surface area contributed by atoms with Crippen molar-refractivity contribution >= 4 is 27.7 Å². The number of hydrogen-bond donors (Lipinski definition) is 2. The van der Waals surface area contributed by atoms with Crippen molar-refractivity contribution in [2.24, 2.45) is 0 Å². The van der Waals surface area contributed by atoms with Crippen molar-refractivity contribution in [2.45, 2.75) is 45.1 Å². The standard InChI is InChI=1S/C21H28ClFN4O4S/c1-6-7-18-19(14(3)25-27(18)12-15(23)8-9-24-21(28)29)16-10-13(2)11-17(22)20(16)32(30,31)26(4)5/h8,10-11,24H,6-7,9,12H2,1-5H3,(H,28,29)/b15-8-. The zero-order valence-electron chi connectivity index (χ0n) is 18.7. The molecule has 0 fully saturated rings. The van der Waals surface area contributed by atoms with Crippen LogP contribution in [-0.4, -0.2) is 54.3 Å². The van der Waals surface area contributed by atoms with Crippen LogP contribution in [0.15, 0.2) is 28.9 Å². The summed E-state index contributed by atoms with van der Waals surface area (Å²) < 4.78 is 43.2. The molecular formula is C21H28ClFN4O4S. The van der Waals surface area contributed by atoms with Crippen LogP contribution in [0.25, 0.3) is 11.1 Å². The maximum atomic E-state index is 14.4. The maximum Gasteiger partial charge on any atom is 0.404 e. The first-order valence-electron chi connectivity index (χ1n) is 10.0. The number of carbonyl (C=O) groups is 1. The van der Waals surface area contributed by atoms with Crippen LogP contribution >= 0.6 is 11.6 Å². The molecule has 2 aromatic rings. The predicted octanol–water partition coefficient (Wildman–Crippen LogP) is 4.14. The number of benzene rings is 1. The molecule has 0 bridgehead atoms. The molecule has 0 unspecified atom stereocenters. The summed E-state index contributed by atoms with van der Waals surface area (Å²) >= 11 is 6.41. The number of sulfonamides is 1. The SMILES string of the molecule is CCCc1c(-c2cc(C)cc(Cl)c2S(=O)(=O)N(C)C)c(C)nn1C/C(F)=C/CNC(=O)O. The van der Waals surface area contributed by atoms with E-state index in [0.29, 0.717) is 28.9 Å². The Morgan fingerprint density at radius 2 is 2.00 bits per heavy atom. The average molecular weight is 487 g/mol. The number of nitrogens with one attached hydrogen (secondary N) is 1. The number of hydrogen-bond acceptors (Lipinski definition) is 4. The summed E-state index contributed by atoms with van der Waals surface area (Å²) in [5.74, 6) is -0.562. The molecular weight excluding hydrogens is 459 g/mol. The van der Waals surface area contributed by atoms with Gasteiger partial charge in [0.1, 0.15) is 10.7 Å². The van der Waals surface area contributed by atoms with Gasteiger partial charge in [-0.1, -0.05) is 24.9 Å². The van der Waals surface area contributed by atoms with Crippen molar-refractivity contribution in [1.29, 1.82) is 0 Å². The number of aryl methyl sites for hydroxylation is 2. The van der Waals surface area contributed by atoms with Crippen LogP contribution in [0, 0.1) is 13.8 Å². The fraction of sp³-hybridized carbons (Fsp3) is 0.429. The molecule has 2 N–H and O–H groups in total. The highest BCUT2D eigenvalue weighted by Gasteiger charge is 2.29. The molecule has 0 spiro atoms. The maximum absolute atomic E-state index is 14.4. The predicted molar refractivity (Wildman–Crippen MR) is 122 cm³/mol. The number of amides is 1. The van der Waals surface area contributed by atoms with Gasteiger partial charge in [0.05, 0.1) is 17.3 Å². The van der Waals surface area contributed by atoms with E-state index in [-0.39, 0.29) is 23.0 Å². The van der Waals surface area contributed by atoms with Crippen molar-refractivity contribution in [3.05, 3.63) is 46.0 Å². The largest absolute Gasteiger partial charge is 0.465 e. The number of halogens is 2. The topological polar surface area (TPSA) is 105 Å². The molecule has 1 aromatic heterocycles. The number of aromatic nitrogens is 2. The number of carboxylic acid groups (broad SMARTS) is 1. The zero-order chi connectivity index (χ0) is 24.2. The molecule has 0 saturated carbocycles. The molecule has 0 saturated heterocycles. The van der Waals surface area contributed by atoms with Crippen LogP contribution in [0.1, 0.15) is 30.3 Å². The summed E-state index contributed by atoms with van der Waals surface area (Å²) in [5, 5.41) is 15.3. The molecule has 0 aliphatic rings. The van der Waals surface area contributed by atoms with Crippen LogP contribution in [0.5, 0.6) is 0 Å². The minimum absolute atomic E-state index is 0.0172. The third kappa shape index (κ3) is 5.67. The Morgan fingerprint density at radius 1 is 1.34 bits per heavy atom. The van der Waals surface area contributed by atoms with Gasteiger partial charge in [-0.15, -0.1) is 0 Å². The fourth-order valence-electron chi connectivity index (χ4n) is 3.42. The van der Waals surface area contributed by atoms with E-state index in [1.54, 1.807) is 19.1 Å². The van der Waals surface area contributed by atoms with Gasteiger partial charge < -0.3 is 10.4 Å². The second kappa shape index (κ2) is 10.5. The van der Waals surface area contributed by atoms with E-state index in [4.69, 9.17) is 16.7 Å². The first kappa shape index (κ1) is 25.8. The normalized spacial score (nSPS) is 12.4. The number of nitrogens with zero attached hydrogens (tertiary/aromatic N) is 3. The van der Waals surface area contributed by atoms with Crippen molar-refractivity contribution in [2.75, 3.05) is 20.6 Å². The van der Waals surface area contributed by atoms with Crippen LogP contribution in [0.4, 0.5) is 9.18 Å². The minimum atomic E-state index is -3.87. The van der Waals surface area contributed by atoms with Gasteiger partial charge in [0.25, 0.3) is 0 Å². The third-order valence-electron chi connectivity index (χ3n) is 4.79. The minimum Gasteiger partial charge on any atom is -0.465 e. The molecule has 0 atom stereocenters. The van der Waals surface area contributed by atoms with Crippen LogP contribution in [-0.2, 0) is 23.0 Å². The molecule has 11 heteroatoms. The van der Waals surface area contributed by atoms with E-state index in [9.17, 15) is 17.6 Å². The van der Waals surface area contributed by atoms with Crippen molar-refractivity contribution in [3.8, 4) is 11.1 Å². The van der Waals surface area contributed by atoms with Gasteiger partial charge in [-0.05, 0) is 44.0 Å². The van der Waals surface area contributed by atoms with Gasteiger partial charge in [-0.3, -0.25) is 4.68 Å². The summed E-state index contributed by atoms with van der Waals surface area (Å²) in [5.41, 5.74) is 3.03. The van der Waals surface area contributed by atoms with Gasteiger partial charge in [-0.25, -0.2) is 21.9 Å². The highest BCUT2D eigenvalue weighted by molar-refractivity contribution is 7.89. The molecule has 0 aliphatic heterocycles. The second-order valence-electron chi connectivity index (χ2n) is 7.56. The van der Waals surface area contributed by atoms with E-state index < -0.39 is 21.9 Å². The molecule has 1 heterocycles. The summed E-state index contributed by atoms with van der Waals surface area (Å²) in [4.78, 5) is 10.5. The Labute approximate surface area is 192 Å². The van der Waals surface area contributed by atoms with Gasteiger partial charge in [0.2, 0.25) is 10.0 Å². The van der Waals surface area contributed by atoms with Gasteiger partial charge in [-0.2, -0.15) is 5.10 Å². The highest BCUT2D eigenvalue weighted by atomic mass is 35.5. The molecule has 1 aromatic carbocycles. The Kier molecular flexibility index (Phi) is 8.44. The lowest BCUT2D eigenvalue weighted by molar-refractivity contribution is 0.195. The molecule has 1 amide bonds. The molecule has 8 nitrogen and oxygen atoms in total. The lowest BCUT2D eigenvalue weighted by Crippen LogP contribution is -2.23. The Bertz CT molecular complexity index is 1140. The summed E-state index contributed by atoms with van der Waals surface area (Å²) in [6.45, 7) is 5.14. The smallest absolute Gasteiger partial charge is 0.404 e. The Balaban J connectivity index is 2.69. The summed E-state index contributed by atoms with van der Waals surface area (Å²) in [6.07, 6.45) is 1.14. The first-order chi connectivity index (χ1) is 14.9. The average Bonchev–Trinajstić information content (AvgIpc) is 2.95. The fourth-order valence-corrected chi connectivity index (χ4v) is 5.09. The van der Waals surface area contributed by atoms with Crippen LogP contribution < -0.4 is 5.32 Å². The van der Waals surface area contributed by atoms with Crippen molar-refractivity contribution in [1.82, 2.24) is 19.4 Å². The van der Waals surface area contributed by atoms with E-state index >= 15 is 0 Å². The number of rotatable bonds is 9. The first-order valence-corrected chi connectivity index (χ1v) is 11.8. The van der Waals surface area contributed by atoms with Crippen molar-refractivity contribution in [3.63, 3.8) is 0 Å². The van der Waals surface area contributed by atoms with E-state index in [2.05, 4.69) is 10.4 Å². The molecule has 2 rings (SSSR count). The van der Waals surface area contributed by atoms with Crippen LogP contribution in [0.3, 0.4) is 0 Å². The van der Waals surface area contributed by atoms with Crippen molar-refractivity contribution < 1.29 is 22.7 Å². The van der Waals surface area contributed by atoms with Crippen LogP contribution in [0.2, 0.25) is 5.02 Å². The monoisotopic (exact) mass is 486 g/mol. The molecule has 0 aliphatic carbocycles. The Morgan fingerprint density at radius 3 is 2.56 bits per heavy atom. The molecule has 0 radical (unpaired) electrons. The van der Waals surface area contributed by atoms with Gasteiger partial charge >= 0.3 is 6.09 Å². The number of allylic oxidation sites excluding steroid dienone is 1. The second-order valence-corrected chi connectivity index (χ2v) is 10.1. The quantitative estimate of drug-likeness (QED) is 0.554. The lowest BCUT2D eigenvalue weighted by atomic mass is 9.99. The Hall–Kier alpha value is -2.43. The van der Waals surface area contributed by atoms with Gasteiger partial charge in [0.15, 0.2) is 0 Å². The molecule has 176 valence electrons. The van der Waals surface area contributed by atoms with E-state index in [1.807, 2.05) is 13.8 Å². The van der Waals surface area contributed by atoms with E-state index in [1.165, 1.54) is 18.8 Å². The van der Waals surface area contributed by atoms with E-state index in [0.717, 1.165) is 22.4 Å². The zero-order valence-corrected chi connectivity index (χ0v) is 20.3. The highest BCUT2D eigenvalue weighted by Crippen LogP contribution is 2.39. The lowest BCUT2D eigenvalue weighted by Gasteiger charge is -2.18. The van der Waals surface area contributed by atoms with Gasteiger partial charge in [0, 0.05) is 37.5 Å². The third-order valence-corrected chi connectivity index (χ3v) is 7.12. The summed E-state index contributed by atoms with van der Waals surface area (Å²) in [7, 11) is -1.00. The summed E-state index contributed by atoms with van der Waals surface area (Å²) in [6, 6.07) is 3.34. The molecule has 32 heavy (non-hydrogen) atoms.